The summed E-state index contributed by atoms with van der Waals surface area (Å²) in [6.07, 6.45) is 2.10. The zero-order chi connectivity index (χ0) is 14.4. The fourth-order valence-corrected chi connectivity index (χ4v) is 2.03. The van der Waals surface area contributed by atoms with Gasteiger partial charge in [-0.15, -0.1) is 0 Å². The van der Waals surface area contributed by atoms with Crippen LogP contribution in [0.1, 0.15) is 28.4 Å². The van der Waals surface area contributed by atoms with E-state index < -0.39 is 5.82 Å². The first kappa shape index (κ1) is 14.3. The molecule has 0 bridgehead atoms. The molecule has 0 saturated heterocycles. The van der Waals surface area contributed by atoms with E-state index in [-0.39, 0.29) is 5.56 Å². The number of rotatable bonds is 6. The number of aldehydes is 1. The highest BCUT2D eigenvalue weighted by atomic mass is 19.1. The Hall–Kier alpha value is -2.16. The molecule has 3 heteroatoms. The van der Waals surface area contributed by atoms with Crippen molar-refractivity contribution < 1.29 is 13.9 Å². The van der Waals surface area contributed by atoms with Crippen molar-refractivity contribution in [2.24, 2.45) is 0 Å². The summed E-state index contributed by atoms with van der Waals surface area (Å²) in [5.74, 6) is 0.404. The van der Waals surface area contributed by atoms with Crippen LogP contribution in [0.15, 0.2) is 42.5 Å². The van der Waals surface area contributed by atoms with Crippen molar-refractivity contribution in [2.45, 2.75) is 19.8 Å². The minimum Gasteiger partial charge on any atom is -0.494 e. The largest absolute Gasteiger partial charge is 0.494 e. The summed E-state index contributed by atoms with van der Waals surface area (Å²) in [6.45, 7) is 2.60. The molecule has 0 spiro atoms. The van der Waals surface area contributed by atoms with Crippen molar-refractivity contribution >= 4 is 6.29 Å². The molecule has 0 heterocycles. The minimum absolute atomic E-state index is 0.106. The van der Waals surface area contributed by atoms with E-state index in [1.165, 1.54) is 17.7 Å². The Bertz CT molecular complexity index is 576. The lowest BCUT2D eigenvalue weighted by Gasteiger charge is -2.06. The van der Waals surface area contributed by atoms with E-state index in [9.17, 15) is 9.18 Å². The molecule has 20 heavy (non-hydrogen) atoms. The lowest BCUT2D eigenvalue weighted by atomic mass is 10.0. The average Bonchev–Trinajstić information content (AvgIpc) is 2.47. The standard InChI is InChI=1S/C17H17FO2/c1-2-20-16-9-6-13(7-10-16)3-4-14-5-8-15(12-19)17(18)11-14/h5-12H,2-4H2,1H3. The van der Waals surface area contributed by atoms with Gasteiger partial charge in [0.2, 0.25) is 0 Å². The second kappa shape index (κ2) is 6.85. The van der Waals surface area contributed by atoms with Gasteiger partial charge in [-0.2, -0.15) is 0 Å². The van der Waals surface area contributed by atoms with Gasteiger partial charge in [-0.05, 0) is 55.2 Å². The molecule has 2 nitrogen and oxygen atoms in total. The van der Waals surface area contributed by atoms with Crippen LogP contribution in [0.3, 0.4) is 0 Å². The van der Waals surface area contributed by atoms with Crippen LogP contribution in [-0.4, -0.2) is 12.9 Å². The van der Waals surface area contributed by atoms with Gasteiger partial charge in [0.1, 0.15) is 11.6 Å². The minimum atomic E-state index is -0.454. The first-order valence-electron chi connectivity index (χ1n) is 6.68. The second-order valence-electron chi connectivity index (χ2n) is 4.55. The number of carbonyl (C=O) groups excluding carboxylic acids is 1. The van der Waals surface area contributed by atoms with Gasteiger partial charge in [-0.1, -0.05) is 18.2 Å². The number of carbonyl (C=O) groups is 1. The molecule has 104 valence electrons. The molecule has 0 aliphatic rings. The molecule has 0 N–H and O–H groups in total. The topological polar surface area (TPSA) is 26.3 Å². The van der Waals surface area contributed by atoms with Crippen LogP contribution in [0.25, 0.3) is 0 Å². The zero-order valence-corrected chi connectivity index (χ0v) is 11.4. The van der Waals surface area contributed by atoms with Crippen LogP contribution >= 0.6 is 0 Å². The van der Waals surface area contributed by atoms with Crippen LogP contribution < -0.4 is 4.74 Å². The number of halogens is 1. The van der Waals surface area contributed by atoms with E-state index in [2.05, 4.69) is 0 Å². The van der Waals surface area contributed by atoms with E-state index in [0.29, 0.717) is 12.9 Å². The maximum absolute atomic E-state index is 13.5. The number of ether oxygens (including phenoxy) is 1. The fourth-order valence-electron chi connectivity index (χ4n) is 2.03. The van der Waals surface area contributed by atoms with E-state index in [1.54, 1.807) is 6.07 Å². The van der Waals surface area contributed by atoms with Gasteiger partial charge in [-0.25, -0.2) is 4.39 Å². The number of hydrogen-bond donors (Lipinski definition) is 0. The van der Waals surface area contributed by atoms with Gasteiger partial charge in [0.05, 0.1) is 12.2 Å². The molecule has 2 rings (SSSR count). The second-order valence-corrected chi connectivity index (χ2v) is 4.55. The average molecular weight is 272 g/mol. The summed E-state index contributed by atoms with van der Waals surface area (Å²) >= 11 is 0. The molecule has 0 atom stereocenters. The molecule has 0 unspecified atom stereocenters. The van der Waals surface area contributed by atoms with E-state index >= 15 is 0 Å². The molecule has 0 aromatic heterocycles. The molecule has 0 saturated carbocycles. The molecular formula is C17H17FO2. The Morgan fingerprint density at radius 2 is 1.70 bits per heavy atom. The quantitative estimate of drug-likeness (QED) is 0.747. The van der Waals surface area contributed by atoms with Crippen LogP contribution in [0.5, 0.6) is 5.75 Å². The van der Waals surface area contributed by atoms with E-state index in [0.717, 1.165) is 24.2 Å². The number of benzene rings is 2. The summed E-state index contributed by atoms with van der Waals surface area (Å²) in [5.41, 5.74) is 2.17. The zero-order valence-electron chi connectivity index (χ0n) is 11.4. The molecule has 0 aliphatic heterocycles. The summed E-state index contributed by atoms with van der Waals surface area (Å²) in [4.78, 5) is 10.6. The van der Waals surface area contributed by atoms with Crippen molar-refractivity contribution in [3.05, 3.63) is 65.0 Å². The van der Waals surface area contributed by atoms with Crippen molar-refractivity contribution in [1.29, 1.82) is 0 Å². The third-order valence-corrected chi connectivity index (χ3v) is 3.13. The van der Waals surface area contributed by atoms with Crippen LogP contribution in [0.4, 0.5) is 4.39 Å². The van der Waals surface area contributed by atoms with Crippen LogP contribution in [0, 0.1) is 5.82 Å². The van der Waals surface area contributed by atoms with E-state index in [1.807, 2.05) is 31.2 Å². The van der Waals surface area contributed by atoms with Crippen molar-refractivity contribution in [3.8, 4) is 5.75 Å². The molecule has 2 aromatic rings. The first-order valence-corrected chi connectivity index (χ1v) is 6.68. The highest BCUT2D eigenvalue weighted by molar-refractivity contribution is 5.75. The number of hydrogen-bond acceptors (Lipinski definition) is 2. The summed E-state index contributed by atoms with van der Waals surface area (Å²) < 4.78 is 18.8. The Morgan fingerprint density at radius 3 is 2.30 bits per heavy atom. The number of aryl methyl sites for hydroxylation is 2. The normalized spacial score (nSPS) is 10.3. The van der Waals surface area contributed by atoms with Crippen LogP contribution in [-0.2, 0) is 12.8 Å². The monoisotopic (exact) mass is 272 g/mol. The Morgan fingerprint density at radius 1 is 1.05 bits per heavy atom. The molecule has 2 aromatic carbocycles. The van der Waals surface area contributed by atoms with E-state index in [4.69, 9.17) is 4.74 Å². The van der Waals surface area contributed by atoms with Crippen LogP contribution in [0.2, 0.25) is 0 Å². The molecular weight excluding hydrogens is 255 g/mol. The maximum atomic E-state index is 13.5. The van der Waals surface area contributed by atoms with Gasteiger partial charge < -0.3 is 4.74 Å². The van der Waals surface area contributed by atoms with Gasteiger partial charge in [0.25, 0.3) is 0 Å². The highest BCUT2D eigenvalue weighted by Crippen LogP contribution is 2.15. The lowest BCUT2D eigenvalue weighted by Crippen LogP contribution is -1.95. The molecule has 0 amide bonds. The van der Waals surface area contributed by atoms with Gasteiger partial charge in [-0.3, -0.25) is 4.79 Å². The summed E-state index contributed by atoms with van der Waals surface area (Å²) in [5, 5.41) is 0. The highest BCUT2D eigenvalue weighted by Gasteiger charge is 2.03. The lowest BCUT2D eigenvalue weighted by molar-refractivity contribution is 0.112. The van der Waals surface area contributed by atoms with Crippen molar-refractivity contribution in [1.82, 2.24) is 0 Å². The third kappa shape index (κ3) is 3.67. The van der Waals surface area contributed by atoms with Crippen molar-refractivity contribution in [3.63, 3.8) is 0 Å². The maximum Gasteiger partial charge on any atom is 0.152 e. The Balaban J connectivity index is 1.97. The molecule has 0 fully saturated rings. The predicted octanol–water partition coefficient (Wildman–Crippen LogP) is 3.82. The Kier molecular flexibility index (Phi) is 4.88. The fraction of sp³-hybridized carbons (Fsp3) is 0.235. The summed E-state index contributed by atoms with van der Waals surface area (Å²) in [6, 6.07) is 12.7. The first-order chi connectivity index (χ1) is 9.72. The molecule has 0 radical (unpaired) electrons. The predicted molar refractivity (Wildman–Crippen MR) is 76.8 cm³/mol. The van der Waals surface area contributed by atoms with Gasteiger partial charge in [0, 0.05) is 0 Å². The SMILES string of the molecule is CCOc1ccc(CCc2ccc(C=O)c(F)c2)cc1. The third-order valence-electron chi connectivity index (χ3n) is 3.13. The smallest absolute Gasteiger partial charge is 0.152 e. The van der Waals surface area contributed by atoms with Crippen molar-refractivity contribution in [2.75, 3.05) is 6.61 Å². The van der Waals surface area contributed by atoms with Gasteiger partial charge >= 0.3 is 0 Å². The van der Waals surface area contributed by atoms with Gasteiger partial charge in [0.15, 0.2) is 6.29 Å². The summed E-state index contributed by atoms with van der Waals surface area (Å²) in [7, 11) is 0. The Labute approximate surface area is 118 Å². The molecule has 0 aliphatic carbocycles.